The van der Waals surface area contributed by atoms with Crippen LogP contribution in [0.2, 0.25) is 0 Å². The minimum Gasteiger partial charge on any atom is -0.383 e. The van der Waals surface area contributed by atoms with Crippen LogP contribution in [0.3, 0.4) is 0 Å². The first-order chi connectivity index (χ1) is 5.83. The predicted molar refractivity (Wildman–Crippen MR) is 54.9 cm³/mol. The number of thioether (sulfide) groups is 1. The Morgan fingerprint density at radius 3 is 3.17 bits per heavy atom. The number of hydrogen-bond acceptors (Lipinski definition) is 4. The highest BCUT2D eigenvalue weighted by Gasteiger charge is 2.02. The Labute approximate surface area is 81.1 Å². The highest BCUT2D eigenvalue weighted by atomic mass is 32.2. The Bertz CT molecular complexity index is 201. The summed E-state index contributed by atoms with van der Waals surface area (Å²) in [7, 11) is 1.68. The molecule has 0 fully saturated rings. The quantitative estimate of drug-likeness (QED) is 0.741. The largest absolute Gasteiger partial charge is 0.383 e. The fraction of sp³-hybridized carbons (Fsp3) is 0.500. The van der Waals surface area contributed by atoms with Crippen molar-refractivity contribution in [2.24, 2.45) is 5.73 Å². The van der Waals surface area contributed by atoms with E-state index in [1.165, 1.54) is 4.21 Å². The summed E-state index contributed by atoms with van der Waals surface area (Å²) in [4.78, 5) is 0. The third-order valence-electron chi connectivity index (χ3n) is 1.32. The number of nitrogens with two attached hydrogens (primary N) is 1. The van der Waals surface area contributed by atoms with Crippen molar-refractivity contribution >= 4 is 23.1 Å². The molecule has 2 nitrogen and oxygen atoms in total. The summed E-state index contributed by atoms with van der Waals surface area (Å²) in [5.41, 5.74) is 5.76. The van der Waals surface area contributed by atoms with Gasteiger partial charge in [0.25, 0.3) is 0 Å². The molecule has 0 radical (unpaired) electrons. The lowest BCUT2D eigenvalue weighted by Gasteiger charge is -2.07. The molecule has 1 rings (SSSR count). The zero-order valence-electron chi connectivity index (χ0n) is 7.03. The SMILES string of the molecule is COCC(N)CSc1cccs1. The van der Waals surface area contributed by atoms with Crippen LogP contribution in [0.15, 0.2) is 21.7 Å². The normalized spacial score (nSPS) is 13.2. The molecule has 0 saturated carbocycles. The first kappa shape index (κ1) is 10.1. The van der Waals surface area contributed by atoms with Crippen molar-refractivity contribution in [3.63, 3.8) is 0 Å². The van der Waals surface area contributed by atoms with Crippen LogP contribution in [0.1, 0.15) is 0 Å². The third-order valence-corrected chi connectivity index (χ3v) is 3.63. The molecule has 0 saturated heterocycles. The van der Waals surface area contributed by atoms with Crippen LogP contribution in [0.25, 0.3) is 0 Å². The van der Waals surface area contributed by atoms with Gasteiger partial charge >= 0.3 is 0 Å². The fourth-order valence-electron chi connectivity index (χ4n) is 0.797. The number of thiophene rings is 1. The molecule has 0 amide bonds. The Hall–Kier alpha value is -0.0300. The molecule has 1 aromatic heterocycles. The lowest BCUT2D eigenvalue weighted by molar-refractivity contribution is 0.186. The molecule has 4 heteroatoms. The standard InChI is InChI=1S/C8H13NOS2/c1-10-5-7(9)6-12-8-3-2-4-11-8/h2-4,7H,5-6,9H2,1H3. The molecule has 1 aromatic rings. The van der Waals surface area contributed by atoms with Gasteiger partial charge in [-0.2, -0.15) is 0 Å². The topological polar surface area (TPSA) is 35.2 Å². The van der Waals surface area contributed by atoms with Crippen molar-refractivity contribution in [2.75, 3.05) is 19.5 Å². The van der Waals surface area contributed by atoms with E-state index in [1.807, 2.05) is 0 Å². The van der Waals surface area contributed by atoms with E-state index in [9.17, 15) is 0 Å². The Morgan fingerprint density at radius 2 is 2.58 bits per heavy atom. The number of rotatable bonds is 5. The molecular weight excluding hydrogens is 190 g/mol. The Morgan fingerprint density at radius 1 is 1.75 bits per heavy atom. The molecule has 0 aliphatic rings. The summed E-state index contributed by atoms with van der Waals surface area (Å²) in [5, 5.41) is 2.07. The number of ether oxygens (including phenoxy) is 1. The van der Waals surface area contributed by atoms with E-state index < -0.39 is 0 Å². The van der Waals surface area contributed by atoms with Crippen molar-refractivity contribution in [1.82, 2.24) is 0 Å². The molecule has 1 atom stereocenters. The van der Waals surface area contributed by atoms with Crippen LogP contribution in [-0.4, -0.2) is 25.5 Å². The zero-order chi connectivity index (χ0) is 8.81. The lowest BCUT2D eigenvalue weighted by Crippen LogP contribution is -2.27. The molecule has 68 valence electrons. The van der Waals surface area contributed by atoms with E-state index in [0.29, 0.717) is 6.61 Å². The highest BCUT2D eigenvalue weighted by molar-refractivity contribution is 8.01. The molecule has 0 bridgehead atoms. The van der Waals surface area contributed by atoms with Gasteiger partial charge in [0.15, 0.2) is 0 Å². The van der Waals surface area contributed by atoms with Crippen molar-refractivity contribution < 1.29 is 4.74 Å². The van der Waals surface area contributed by atoms with Gasteiger partial charge in [-0.25, -0.2) is 0 Å². The molecule has 0 aromatic carbocycles. The minimum atomic E-state index is 0.141. The van der Waals surface area contributed by atoms with Crippen molar-refractivity contribution in [3.05, 3.63) is 17.5 Å². The maximum atomic E-state index is 5.76. The van der Waals surface area contributed by atoms with Gasteiger partial charge in [-0.15, -0.1) is 23.1 Å². The minimum absolute atomic E-state index is 0.141. The van der Waals surface area contributed by atoms with E-state index in [4.69, 9.17) is 10.5 Å². The first-order valence-corrected chi connectivity index (χ1v) is 5.60. The lowest BCUT2D eigenvalue weighted by atomic mass is 10.4. The molecule has 0 aliphatic carbocycles. The van der Waals surface area contributed by atoms with Crippen LogP contribution >= 0.6 is 23.1 Å². The summed E-state index contributed by atoms with van der Waals surface area (Å²) in [6, 6.07) is 4.30. The van der Waals surface area contributed by atoms with Crippen LogP contribution in [-0.2, 0) is 4.74 Å². The summed E-state index contributed by atoms with van der Waals surface area (Å²) in [5.74, 6) is 0.925. The molecule has 1 unspecified atom stereocenters. The van der Waals surface area contributed by atoms with Gasteiger partial charge in [0.2, 0.25) is 0 Å². The summed E-state index contributed by atoms with van der Waals surface area (Å²) in [6.45, 7) is 0.637. The van der Waals surface area contributed by atoms with E-state index in [1.54, 1.807) is 30.2 Å². The monoisotopic (exact) mass is 203 g/mol. The molecular formula is C8H13NOS2. The van der Waals surface area contributed by atoms with Crippen molar-refractivity contribution in [1.29, 1.82) is 0 Å². The van der Waals surface area contributed by atoms with Gasteiger partial charge in [-0.05, 0) is 11.4 Å². The molecule has 1 heterocycles. The van der Waals surface area contributed by atoms with Crippen LogP contribution in [0.5, 0.6) is 0 Å². The number of methoxy groups -OCH3 is 1. The maximum absolute atomic E-state index is 5.76. The summed E-state index contributed by atoms with van der Waals surface area (Å²) >= 11 is 3.54. The third kappa shape index (κ3) is 3.58. The maximum Gasteiger partial charge on any atom is 0.0621 e. The second kappa shape index (κ2) is 5.59. The molecule has 2 N–H and O–H groups in total. The van der Waals surface area contributed by atoms with Crippen LogP contribution in [0.4, 0.5) is 0 Å². The average Bonchev–Trinajstić information content (AvgIpc) is 2.53. The second-order valence-corrected chi connectivity index (χ2v) is 4.73. The second-order valence-electron chi connectivity index (χ2n) is 2.46. The van der Waals surface area contributed by atoms with E-state index >= 15 is 0 Å². The molecule has 12 heavy (non-hydrogen) atoms. The highest BCUT2D eigenvalue weighted by Crippen LogP contribution is 2.23. The van der Waals surface area contributed by atoms with Crippen molar-refractivity contribution in [3.8, 4) is 0 Å². The van der Waals surface area contributed by atoms with Crippen LogP contribution in [0, 0.1) is 0 Å². The number of hydrogen-bond donors (Lipinski definition) is 1. The Balaban J connectivity index is 2.17. The van der Waals surface area contributed by atoms with Gasteiger partial charge in [-0.3, -0.25) is 0 Å². The van der Waals surface area contributed by atoms with E-state index in [0.717, 1.165) is 5.75 Å². The molecule has 0 spiro atoms. The summed E-state index contributed by atoms with van der Waals surface area (Å²) < 4.78 is 6.26. The van der Waals surface area contributed by atoms with Gasteiger partial charge in [0.05, 0.1) is 10.8 Å². The smallest absolute Gasteiger partial charge is 0.0621 e. The van der Waals surface area contributed by atoms with Gasteiger partial charge in [0.1, 0.15) is 0 Å². The van der Waals surface area contributed by atoms with Gasteiger partial charge in [0, 0.05) is 18.9 Å². The van der Waals surface area contributed by atoms with Crippen LogP contribution < -0.4 is 5.73 Å². The predicted octanol–water partition coefficient (Wildman–Crippen LogP) is 1.81. The first-order valence-electron chi connectivity index (χ1n) is 3.73. The van der Waals surface area contributed by atoms with Gasteiger partial charge < -0.3 is 10.5 Å². The van der Waals surface area contributed by atoms with Gasteiger partial charge in [-0.1, -0.05) is 6.07 Å². The van der Waals surface area contributed by atoms with Crippen molar-refractivity contribution in [2.45, 2.75) is 10.3 Å². The van der Waals surface area contributed by atoms with E-state index in [2.05, 4.69) is 17.5 Å². The fourth-order valence-corrected chi connectivity index (χ4v) is 2.54. The molecule has 0 aliphatic heterocycles. The summed E-state index contributed by atoms with van der Waals surface area (Å²) in [6.07, 6.45) is 0. The van der Waals surface area contributed by atoms with E-state index in [-0.39, 0.29) is 6.04 Å². The zero-order valence-corrected chi connectivity index (χ0v) is 8.66. The Kier molecular flexibility index (Phi) is 4.68. The average molecular weight is 203 g/mol.